The van der Waals surface area contributed by atoms with Crippen molar-refractivity contribution >= 4 is 11.9 Å². The number of rotatable bonds is 8. The molecule has 0 amide bonds. The van der Waals surface area contributed by atoms with Crippen molar-refractivity contribution in [3.05, 3.63) is 60.0 Å². The van der Waals surface area contributed by atoms with Crippen molar-refractivity contribution in [2.24, 2.45) is 0 Å². The maximum atomic E-state index is 10.8. The summed E-state index contributed by atoms with van der Waals surface area (Å²) in [6, 6.07) is 10.9. The Bertz CT molecular complexity index is 987. The predicted molar refractivity (Wildman–Crippen MR) is 128 cm³/mol. The lowest BCUT2D eigenvalue weighted by molar-refractivity contribution is 0.130. The van der Waals surface area contributed by atoms with Crippen molar-refractivity contribution in [3.63, 3.8) is 0 Å². The lowest BCUT2D eigenvalue weighted by Crippen LogP contribution is -2.24. The summed E-state index contributed by atoms with van der Waals surface area (Å²) < 4.78 is 23.1. The van der Waals surface area contributed by atoms with Gasteiger partial charge in [-0.1, -0.05) is 26.0 Å². The van der Waals surface area contributed by atoms with Gasteiger partial charge in [0.05, 0.1) is 0 Å². The standard InChI is InChI=1S/C27H32O6/c1-25(2,3)32-19-9-11-21(23(17-19)30-15-13-28)27(7,8)22-12-10-20(33-26(4,5)6)18-24(22)31-16-14-29/h9-12,15-18H,1-8H3. The molecule has 0 heterocycles. The summed E-state index contributed by atoms with van der Waals surface area (Å²) in [6.45, 7) is 15.7. The highest BCUT2D eigenvalue weighted by molar-refractivity contribution is 5.56. The summed E-state index contributed by atoms with van der Waals surface area (Å²) in [6.07, 6.45) is 1.92. The first-order chi connectivity index (χ1) is 15.3. The molecule has 0 radical (unpaired) electrons. The van der Waals surface area contributed by atoms with E-state index >= 15 is 0 Å². The molecule has 6 heteroatoms. The minimum absolute atomic E-state index is 0.403. The lowest BCUT2D eigenvalue weighted by atomic mass is 9.77. The molecule has 0 saturated carbocycles. The summed E-state index contributed by atoms with van der Waals surface area (Å²) in [4.78, 5) is 21.7. The van der Waals surface area contributed by atoms with Crippen LogP contribution in [-0.4, -0.2) is 23.1 Å². The van der Waals surface area contributed by atoms with E-state index in [-0.39, 0.29) is 0 Å². The lowest BCUT2D eigenvalue weighted by Gasteiger charge is -2.30. The van der Waals surface area contributed by atoms with Crippen molar-refractivity contribution in [1.29, 1.82) is 0 Å². The number of benzene rings is 2. The second-order valence-electron chi connectivity index (χ2n) is 10.1. The van der Waals surface area contributed by atoms with Gasteiger partial charge in [-0.3, -0.25) is 0 Å². The summed E-state index contributed by atoms with van der Waals surface area (Å²) in [7, 11) is 0. The molecular weight excluding hydrogens is 420 g/mol. The quantitative estimate of drug-likeness (QED) is 0.371. The average molecular weight is 453 g/mol. The SMILES string of the molecule is CC(C)(C)Oc1ccc(C(C)(C)c2ccc(OC(C)(C)C)cc2OC=C=O)c(OC=C=O)c1. The highest BCUT2D eigenvalue weighted by Crippen LogP contribution is 2.44. The third-order valence-corrected chi connectivity index (χ3v) is 4.57. The van der Waals surface area contributed by atoms with E-state index in [1.54, 1.807) is 24.0 Å². The fourth-order valence-corrected chi connectivity index (χ4v) is 3.39. The van der Waals surface area contributed by atoms with Gasteiger partial charge in [0.15, 0.2) is 24.4 Å². The fourth-order valence-electron chi connectivity index (χ4n) is 3.39. The van der Waals surface area contributed by atoms with Crippen LogP contribution in [0.5, 0.6) is 23.0 Å². The molecular formula is C27H32O6. The molecule has 0 saturated heterocycles. The highest BCUT2D eigenvalue weighted by Gasteiger charge is 2.31. The summed E-state index contributed by atoms with van der Waals surface area (Å²) >= 11 is 0. The molecule has 0 atom stereocenters. The van der Waals surface area contributed by atoms with Crippen molar-refractivity contribution in [2.45, 2.75) is 72.0 Å². The van der Waals surface area contributed by atoms with Crippen LogP contribution >= 0.6 is 0 Å². The molecule has 0 aliphatic carbocycles. The molecule has 176 valence electrons. The predicted octanol–water partition coefficient (Wildman–Crippen LogP) is 5.82. The minimum atomic E-state index is -0.654. The van der Waals surface area contributed by atoms with Crippen LogP contribution in [0.2, 0.25) is 0 Å². The Labute approximate surface area is 195 Å². The molecule has 2 aromatic carbocycles. The van der Waals surface area contributed by atoms with Gasteiger partial charge in [-0.05, 0) is 53.7 Å². The van der Waals surface area contributed by atoms with Gasteiger partial charge in [0.25, 0.3) is 0 Å². The van der Waals surface area contributed by atoms with Gasteiger partial charge in [0.1, 0.15) is 34.2 Å². The van der Waals surface area contributed by atoms with Gasteiger partial charge < -0.3 is 18.9 Å². The van der Waals surface area contributed by atoms with Crippen LogP contribution in [0.1, 0.15) is 66.5 Å². The van der Waals surface area contributed by atoms with E-state index < -0.39 is 16.6 Å². The Kier molecular flexibility index (Phi) is 7.81. The molecule has 0 bridgehead atoms. The van der Waals surface area contributed by atoms with Gasteiger partial charge in [-0.25, -0.2) is 9.59 Å². The van der Waals surface area contributed by atoms with Crippen molar-refractivity contribution in [1.82, 2.24) is 0 Å². The van der Waals surface area contributed by atoms with Crippen LogP contribution in [0.25, 0.3) is 0 Å². The number of ether oxygens (including phenoxy) is 4. The highest BCUT2D eigenvalue weighted by atomic mass is 16.5. The first-order valence-corrected chi connectivity index (χ1v) is 10.7. The van der Waals surface area contributed by atoms with E-state index in [1.165, 1.54) is 0 Å². The van der Waals surface area contributed by atoms with Crippen LogP contribution in [0.3, 0.4) is 0 Å². The van der Waals surface area contributed by atoms with Gasteiger partial charge >= 0.3 is 0 Å². The fraction of sp³-hybridized carbons (Fsp3) is 0.407. The zero-order valence-electron chi connectivity index (χ0n) is 20.6. The average Bonchev–Trinajstić information content (AvgIpc) is 2.68. The molecule has 0 unspecified atom stereocenters. The Morgan fingerprint density at radius 3 is 1.30 bits per heavy atom. The van der Waals surface area contributed by atoms with Crippen LogP contribution in [0.15, 0.2) is 48.9 Å². The van der Waals surface area contributed by atoms with E-state index in [2.05, 4.69) is 0 Å². The summed E-state index contributed by atoms with van der Waals surface area (Å²) in [5.41, 5.74) is 0.0950. The maximum Gasteiger partial charge on any atom is 0.174 e. The van der Waals surface area contributed by atoms with Gasteiger partial charge in [0, 0.05) is 28.7 Å². The number of hydrogen-bond donors (Lipinski definition) is 0. The maximum absolute atomic E-state index is 10.8. The number of carbonyl (C=O) groups excluding carboxylic acids is 2. The van der Waals surface area contributed by atoms with E-state index in [0.29, 0.717) is 23.0 Å². The van der Waals surface area contributed by atoms with E-state index in [4.69, 9.17) is 18.9 Å². The Morgan fingerprint density at radius 1 is 0.636 bits per heavy atom. The summed E-state index contributed by atoms with van der Waals surface area (Å²) in [5.74, 6) is 5.38. The molecule has 33 heavy (non-hydrogen) atoms. The Hall–Kier alpha value is -3.46. The van der Waals surface area contributed by atoms with Gasteiger partial charge in [-0.2, -0.15) is 0 Å². The topological polar surface area (TPSA) is 71.1 Å². The molecule has 0 aromatic heterocycles. The molecule has 0 N–H and O–H groups in total. The Balaban J connectivity index is 2.62. The van der Waals surface area contributed by atoms with Crippen molar-refractivity contribution < 1.29 is 28.5 Å². The van der Waals surface area contributed by atoms with Gasteiger partial charge in [-0.15, -0.1) is 0 Å². The zero-order valence-corrected chi connectivity index (χ0v) is 20.6. The second kappa shape index (κ2) is 9.99. The summed E-state index contributed by atoms with van der Waals surface area (Å²) in [5, 5.41) is 0. The first kappa shape index (κ1) is 25.8. The molecule has 2 aromatic rings. The molecule has 0 spiro atoms. The molecule has 2 rings (SSSR count). The van der Waals surface area contributed by atoms with Crippen molar-refractivity contribution in [2.75, 3.05) is 0 Å². The van der Waals surface area contributed by atoms with E-state index in [9.17, 15) is 9.59 Å². The molecule has 0 aliphatic heterocycles. The third-order valence-electron chi connectivity index (χ3n) is 4.57. The zero-order chi connectivity index (χ0) is 24.9. The Morgan fingerprint density at radius 2 is 1.00 bits per heavy atom. The van der Waals surface area contributed by atoms with Crippen LogP contribution in [0.4, 0.5) is 0 Å². The van der Waals surface area contributed by atoms with Gasteiger partial charge in [0.2, 0.25) is 0 Å². The normalized spacial score (nSPS) is 11.6. The third kappa shape index (κ3) is 7.28. The number of hydrogen-bond acceptors (Lipinski definition) is 6. The monoisotopic (exact) mass is 452 g/mol. The van der Waals surface area contributed by atoms with Crippen LogP contribution in [-0.2, 0) is 15.0 Å². The van der Waals surface area contributed by atoms with Crippen LogP contribution in [0, 0.1) is 0 Å². The first-order valence-electron chi connectivity index (χ1n) is 10.7. The second-order valence-corrected chi connectivity index (χ2v) is 10.1. The van der Waals surface area contributed by atoms with E-state index in [1.807, 2.05) is 79.7 Å². The minimum Gasteiger partial charge on any atom is -0.488 e. The largest absolute Gasteiger partial charge is 0.488 e. The molecule has 0 aliphatic rings. The van der Waals surface area contributed by atoms with Crippen LogP contribution < -0.4 is 18.9 Å². The smallest absolute Gasteiger partial charge is 0.174 e. The van der Waals surface area contributed by atoms with E-state index in [0.717, 1.165) is 23.7 Å². The molecule has 0 fully saturated rings. The van der Waals surface area contributed by atoms with Crippen molar-refractivity contribution in [3.8, 4) is 23.0 Å². The molecule has 6 nitrogen and oxygen atoms in total.